The summed E-state index contributed by atoms with van der Waals surface area (Å²) in [5.41, 5.74) is 1.24. The number of amides is 1. The zero-order valence-electron chi connectivity index (χ0n) is 19.3. The maximum Gasteiger partial charge on any atom is 0.270 e. The predicted octanol–water partition coefficient (Wildman–Crippen LogP) is 3.19. The van der Waals surface area contributed by atoms with Crippen molar-refractivity contribution in [2.75, 3.05) is 44.7 Å². The van der Waals surface area contributed by atoms with Crippen molar-refractivity contribution in [1.29, 1.82) is 5.26 Å². The van der Waals surface area contributed by atoms with Gasteiger partial charge in [-0.1, -0.05) is 43.7 Å². The molecule has 0 unspecified atom stereocenters. The summed E-state index contributed by atoms with van der Waals surface area (Å²) in [7, 11) is 2.08. The molecule has 2 saturated heterocycles. The van der Waals surface area contributed by atoms with Crippen LogP contribution < -0.4 is 10.5 Å². The Morgan fingerprint density at radius 3 is 2.44 bits per heavy atom. The predicted molar refractivity (Wildman–Crippen MR) is 135 cm³/mol. The van der Waals surface area contributed by atoms with E-state index >= 15 is 0 Å². The van der Waals surface area contributed by atoms with Gasteiger partial charge >= 0.3 is 0 Å². The Kier molecular flexibility index (Phi) is 8.15. The van der Waals surface area contributed by atoms with E-state index in [1.165, 1.54) is 11.8 Å². The number of hydrogen-bond donors (Lipinski definition) is 0. The monoisotopic (exact) mass is 473 g/mol. The molecule has 0 saturated carbocycles. The highest BCUT2D eigenvalue weighted by molar-refractivity contribution is 8.26. The van der Waals surface area contributed by atoms with E-state index in [4.69, 9.17) is 12.2 Å². The Labute approximate surface area is 199 Å². The van der Waals surface area contributed by atoms with Crippen molar-refractivity contribution in [1.82, 2.24) is 14.4 Å². The molecule has 1 aromatic heterocycles. The van der Waals surface area contributed by atoms with Crippen molar-refractivity contribution in [3.63, 3.8) is 0 Å². The van der Waals surface area contributed by atoms with E-state index in [-0.39, 0.29) is 17.0 Å². The number of rotatable bonds is 7. The van der Waals surface area contributed by atoms with Crippen LogP contribution in [-0.4, -0.2) is 64.4 Å². The number of likely N-dealkylation sites (N-methyl/N-ethyl adjacent to an activating group) is 1. The number of hydrogen-bond acceptors (Lipinski definition) is 7. The normalized spacial score (nSPS) is 18.7. The number of piperazine rings is 1. The number of thioether (sulfide) groups is 1. The molecular formula is C23H31N5O2S2. The van der Waals surface area contributed by atoms with Crippen molar-refractivity contribution in [3.05, 3.63) is 31.9 Å². The van der Waals surface area contributed by atoms with Crippen molar-refractivity contribution in [2.45, 2.75) is 46.6 Å². The van der Waals surface area contributed by atoms with Gasteiger partial charge in [0.1, 0.15) is 21.8 Å². The van der Waals surface area contributed by atoms with E-state index < -0.39 is 0 Å². The van der Waals surface area contributed by atoms with Crippen molar-refractivity contribution >= 4 is 46.1 Å². The van der Waals surface area contributed by atoms with Crippen LogP contribution in [0.4, 0.5) is 5.82 Å². The van der Waals surface area contributed by atoms with E-state index in [0.29, 0.717) is 27.9 Å². The first-order valence-electron chi connectivity index (χ1n) is 11.2. The van der Waals surface area contributed by atoms with Gasteiger partial charge in [-0.05, 0) is 39.0 Å². The molecule has 7 nitrogen and oxygen atoms in total. The summed E-state index contributed by atoms with van der Waals surface area (Å²) in [6.45, 7) is 10.2. The van der Waals surface area contributed by atoms with Gasteiger partial charge in [0, 0.05) is 44.8 Å². The number of carbonyl (C=O) groups is 1. The van der Waals surface area contributed by atoms with Gasteiger partial charge in [0.15, 0.2) is 0 Å². The lowest BCUT2D eigenvalue weighted by Crippen LogP contribution is -2.47. The van der Waals surface area contributed by atoms with Gasteiger partial charge in [0.05, 0.1) is 4.91 Å². The molecular weight excluding hydrogens is 442 g/mol. The molecule has 0 N–H and O–H groups in total. The molecule has 0 atom stereocenters. The summed E-state index contributed by atoms with van der Waals surface area (Å²) < 4.78 is 2.24. The Morgan fingerprint density at radius 1 is 1.16 bits per heavy atom. The molecule has 32 heavy (non-hydrogen) atoms. The molecule has 2 aliphatic rings. The largest absolute Gasteiger partial charge is 0.355 e. The van der Waals surface area contributed by atoms with Crippen molar-refractivity contribution < 1.29 is 4.79 Å². The zero-order chi connectivity index (χ0) is 23.4. The molecule has 0 spiro atoms. The van der Waals surface area contributed by atoms with Gasteiger partial charge in [0.25, 0.3) is 11.5 Å². The lowest BCUT2D eigenvalue weighted by atomic mass is 10.0. The number of pyridine rings is 1. The van der Waals surface area contributed by atoms with E-state index in [2.05, 4.69) is 29.8 Å². The third-order valence-corrected chi connectivity index (χ3v) is 7.48. The number of nitriles is 1. The molecule has 2 fully saturated rings. The van der Waals surface area contributed by atoms with E-state index in [1.54, 1.807) is 16.4 Å². The molecule has 9 heteroatoms. The Balaban J connectivity index is 2.11. The molecule has 3 rings (SSSR count). The highest BCUT2D eigenvalue weighted by Crippen LogP contribution is 2.36. The zero-order valence-corrected chi connectivity index (χ0v) is 20.9. The topological polar surface area (TPSA) is 72.6 Å². The first-order chi connectivity index (χ1) is 15.3. The molecule has 2 aliphatic heterocycles. The number of carbonyl (C=O) groups excluding carboxylic acids is 1. The van der Waals surface area contributed by atoms with Gasteiger partial charge in [-0.3, -0.25) is 19.1 Å². The number of aromatic nitrogens is 1. The van der Waals surface area contributed by atoms with Gasteiger partial charge in [-0.15, -0.1) is 0 Å². The van der Waals surface area contributed by atoms with Gasteiger partial charge in [-0.25, -0.2) is 0 Å². The minimum atomic E-state index is -0.273. The van der Waals surface area contributed by atoms with Crippen LogP contribution in [-0.2, 0) is 11.3 Å². The minimum absolute atomic E-state index is 0.0902. The number of anilines is 1. The first kappa shape index (κ1) is 24.5. The van der Waals surface area contributed by atoms with Crippen LogP contribution >= 0.6 is 24.0 Å². The molecule has 172 valence electrons. The van der Waals surface area contributed by atoms with Gasteiger partial charge in [-0.2, -0.15) is 5.26 Å². The average Bonchev–Trinajstić information content (AvgIpc) is 3.04. The van der Waals surface area contributed by atoms with E-state index in [9.17, 15) is 14.9 Å². The van der Waals surface area contributed by atoms with E-state index in [1.807, 2.05) is 13.0 Å². The quantitative estimate of drug-likeness (QED) is 0.342. The SMILES string of the molecule is CCCCCN1C(=O)C(=Cc2c(C)c(C#N)c(=O)n(CC)c2N2CCN(C)CC2)SC1=S. The number of unbranched alkanes of at least 4 members (excludes halogenated alkanes) is 2. The lowest BCUT2D eigenvalue weighted by molar-refractivity contribution is -0.122. The summed E-state index contributed by atoms with van der Waals surface area (Å²) in [4.78, 5) is 32.9. The summed E-state index contributed by atoms with van der Waals surface area (Å²) in [6.07, 6.45) is 4.89. The van der Waals surface area contributed by atoms with Crippen LogP contribution in [0.3, 0.4) is 0 Å². The lowest BCUT2D eigenvalue weighted by Gasteiger charge is -2.36. The number of nitrogens with zero attached hydrogens (tertiary/aromatic N) is 5. The third kappa shape index (κ3) is 4.77. The summed E-state index contributed by atoms with van der Waals surface area (Å²) in [5, 5.41) is 9.69. The second-order valence-corrected chi connectivity index (χ2v) is 9.91. The van der Waals surface area contributed by atoms with Crippen LogP contribution in [0.15, 0.2) is 9.70 Å². The van der Waals surface area contributed by atoms with E-state index in [0.717, 1.165) is 56.8 Å². The first-order valence-corrected chi connectivity index (χ1v) is 12.4. The molecule has 0 aliphatic carbocycles. The summed E-state index contributed by atoms with van der Waals surface area (Å²) in [5.74, 6) is 0.700. The second-order valence-electron chi connectivity index (χ2n) is 8.23. The summed E-state index contributed by atoms with van der Waals surface area (Å²) in [6, 6.07) is 2.09. The molecule has 1 amide bonds. The molecule has 0 aromatic carbocycles. The highest BCUT2D eigenvalue weighted by Gasteiger charge is 2.33. The van der Waals surface area contributed by atoms with Crippen molar-refractivity contribution in [2.24, 2.45) is 0 Å². The Hall–Kier alpha value is -2.15. The minimum Gasteiger partial charge on any atom is -0.355 e. The van der Waals surface area contributed by atoms with Gasteiger partial charge in [0.2, 0.25) is 0 Å². The fourth-order valence-corrected chi connectivity index (χ4v) is 5.43. The fraction of sp³-hybridized carbons (Fsp3) is 0.565. The number of thiocarbonyl (C=S) groups is 1. The maximum absolute atomic E-state index is 13.1. The Bertz CT molecular complexity index is 1030. The van der Waals surface area contributed by atoms with Crippen LogP contribution in [0, 0.1) is 18.3 Å². The second kappa shape index (κ2) is 10.6. The third-order valence-electron chi connectivity index (χ3n) is 6.10. The van der Waals surface area contributed by atoms with Crippen LogP contribution in [0.5, 0.6) is 0 Å². The van der Waals surface area contributed by atoms with Crippen LogP contribution in [0.25, 0.3) is 6.08 Å². The average molecular weight is 474 g/mol. The summed E-state index contributed by atoms with van der Waals surface area (Å²) >= 11 is 6.79. The van der Waals surface area contributed by atoms with Crippen LogP contribution in [0.2, 0.25) is 0 Å². The van der Waals surface area contributed by atoms with Crippen LogP contribution in [0.1, 0.15) is 49.8 Å². The molecule has 0 bridgehead atoms. The highest BCUT2D eigenvalue weighted by atomic mass is 32.2. The smallest absolute Gasteiger partial charge is 0.270 e. The van der Waals surface area contributed by atoms with Gasteiger partial charge < -0.3 is 9.80 Å². The molecule has 0 radical (unpaired) electrons. The fourth-order valence-electron chi connectivity index (χ4n) is 4.14. The maximum atomic E-state index is 13.1. The van der Waals surface area contributed by atoms with Crippen molar-refractivity contribution in [3.8, 4) is 6.07 Å². The Morgan fingerprint density at radius 2 is 1.84 bits per heavy atom. The molecule has 1 aromatic rings. The molecule has 3 heterocycles. The standard InChI is InChI=1S/C23H31N5O2S2/c1-5-7-8-9-28-22(30)19(32-23(28)31)14-17-16(3)18(15-24)21(29)27(6-2)20(17)26-12-10-25(4)11-13-26/h14H,5-13H2,1-4H3.